The van der Waals surface area contributed by atoms with Crippen molar-refractivity contribution >= 4 is 37.0 Å². The molecule has 27 heavy (non-hydrogen) atoms. The maximum atomic E-state index is 11.7. The Kier molecular flexibility index (Phi) is 8.98. The summed E-state index contributed by atoms with van der Waals surface area (Å²) in [6, 6.07) is 6.40. The van der Waals surface area contributed by atoms with E-state index >= 15 is 0 Å². The van der Waals surface area contributed by atoms with Crippen LogP contribution in [0.15, 0.2) is 18.2 Å². The molecule has 1 fully saturated rings. The molecule has 0 radical (unpaired) electrons. The van der Waals surface area contributed by atoms with Crippen LogP contribution < -0.4 is 0 Å². The van der Waals surface area contributed by atoms with Crippen LogP contribution in [0.25, 0.3) is 0 Å². The summed E-state index contributed by atoms with van der Waals surface area (Å²) in [5.74, 6) is -0.646. The van der Waals surface area contributed by atoms with Crippen LogP contribution in [0.3, 0.4) is 0 Å². The fourth-order valence-electron chi connectivity index (χ4n) is 4.10. The highest BCUT2D eigenvalue weighted by Gasteiger charge is 2.32. The van der Waals surface area contributed by atoms with Crippen molar-refractivity contribution in [3.63, 3.8) is 0 Å². The van der Waals surface area contributed by atoms with Gasteiger partial charge in [-0.15, -0.1) is 0 Å². The van der Waals surface area contributed by atoms with Gasteiger partial charge < -0.3 is 5.11 Å². The molecule has 1 aliphatic rings. The fourth-order valence-corrected chi connectivity index (χ4v) is 4.42. The minimum absolute atomic E-state index is 0.525. The molecule has 150 valence electrons. The molecule has 2 rings (SSSR count). The van der Waals surface area contributed by atoms with Crippen molar-refractivity contribution in [1.82, 2.24) is 4.90 Å². The zero-order valence-corrected chi connectivity index (χ0v) is 18.2. The van der Waals surface area contributed by atoms with Crippen LogP contribution in [0.4, 0.5) is 0 Å². The maximum absolute atomic E-state index is 11.7. The third-order valence-corrected chi connectivity index (χ3v) is 6.72. The Hall–Kier alpha value is -0.705. The van der Waals surface area contributed by atoms with Gasteiger partial charge in [-0.1, -0.05) is 61.9 Å². The summed E-state index contributed by atoms with van der Waals surface area (Å²) < 4.78 is 0. The first kappa shape index (κ1) is 22.6. The van der Waals surface area contributed by atoms with Crippen LogP contribution in [-0.2, 0) is 11.3 Å². The molecule has 0 bridgehead atoms. The van der Waals surface area contributed by atoms with E-state index in [0.29, 0.717) is 16.1 Å². The first-order valence-electron chi connectivity index (χ1n) is 10.3. The summed E-state index contributed by atoms with van der Waals surface area (Å²) >= 11 is 12.2. The van der Waals surface area contributed by atoms with E-state index in [1.165, 1.54) is 24.8 Å². The van der Waals surface area contributed by atoms with Crippen molar-refractivity contribution in [2.24, 2.45) is 0 Å². The average Bonchev–Trinajstić information content (AvgIpc) is 2.64. The highest BCUT2D eigenvalue weighted by molar-refractivity contribution is 6.42. The Labute approximate surface area is 174 Å². The number of benzene rings is 1. The van der Waals surface area contributed by atoms with E-state index in [4.69, 9.17) is 23.2 Å². The molecule has 1 aliphatic heterocycles. The van der Waals surface area contributed by atoms with Gasteiger partial charge in [-0.3, -0.25) is 9.69 Å². The van der Waals surface area contributed by atoms with Gasteiger partial charge in [0.25, 0.3) is 0 Å². The predicted octanol–water partition coefficient (Wildman–Crippen LogP) is 5.58. The molecular formula is C21H32BCl2NO2. The number of unbranched alkanes of at least 4 members (excludes halogenated alkanes) is 1. The minimum Gasteiger partial charge on any atom is -0.481 e. The van der Waals surface area contributed by atoms with E-state index in [0.717, 1.165) is 51.6 Å². The number of rotatable bonds is 10. The van der Waals surface area contributed by atoms with Gasteiger partial charge in [0.2, 0.25) is 0 Å². The fraction of sp³-hybridized carbons (Fsp3) is 0.667. The van der Waals surface area contributed by atoms with E-state index in [1.807, 2.05) is 26.0 Å². The van der Waals surface area contributed by atoms with Crippen LogP contribution in [0.5, 0.6) is 0 Å². The summed E-state index contributed by atoms with van der Waals surface area (Å²) in [6.07, 6.45) is 9.27. The Morgan fingerprint density at radius 1 is 1.26 bits per heavy atom. The number of likely N-dealkylation sites (tertiary alicyclic amines) is 1. The second-order valence-electron chi connectivity index (χ2n) is 8.23. The molecule has 0 saturated carbocycles. The Bertz CT molecular complexity index is 628. The van der Waals surface area contributed by atoms with E-state index in [9.17, 15) is 9.90 Å². The van der Waals surface area contributed by atoms with Crippen molar-refractivity contribution in [3.05, 3.63) is 33.8 Å². The number of carboxylic acids is 1. The number of hydrogen-bond acceptors (Lipinski definition) is 2. The largest absolute Gasteiger partial charge is 0.481 e. The second kappa shape index (κ2) is 10.7. The summed E-state index contributed by atoms with van der Waals surface area (Å²) in [4.78, 5) is 14.3. The van der Waals surface area contributed by atoms with Crippen LogP contribution in [0.1, 0.15) is 70.3 Å². The quantitative estimate of drug-likeness (QED) is 0.510. The van der Waals surface area contributed by atoms with Gasteiger partial charge in [-0.25, -0.2) is 0 Å². The lowest BCUT2D eigenvalue weighted by atomic mass is 9.62. The van der Waals surface area contributed by atoms with Gasteiger partial charge in [0, 0.05) is 17.9 Å². The third-order valence-electron chi connectivity index (χ3n) is 5.98. The van der Waals surface area contributed by atoms with Gasteiger partial charge in [0.1, 0.15) is 7.85 Å². The van der Waals surface area contributed by atoms with Crippen LogP contribution in [-0.4, -0.2) is 36.4 Å². The number of carbonyl (C=O) groups is 1. The smallest absolute Gasteiger partial charge is 0.301 e. The van der Waals surface area contributed by atoms with Crippen LogP contribution in [0.2, 0.25) is 15.4 Å². The Balaban J connectivity index is 1.92. The lowest BCUT2D eigenvalue weighted by molar-refractivity contribution is -0.141. The summed E-state index contributed by atoms with van der Waals surface area (Å²) in [5, 5.41) is 10.3. The van der Waals surface area contributed by atoms with Gasteiger partial charge in [-0.05, 0) is 56.3 Å². The van der Waals surface area contributed by atoms with Gasteiger partial charge >= 0.3 is 5.97 Å². The minimum atomic E-state index is -0.646. The summed E-state index contributed by atoms with van der Waals surface area (Å²) in [5.41, 5.74) is 1.19. The van der Waals surface area contributed by atoms with Gasteiger partial charge in [0.05, 0.1) is 10.0 Å². The zero-order chi connectivity index (χ0) is 19.9. The SMILES string of the molecule is BC(CCCC)(CCCC1CCCCN1Cc1ccc(Cl)c(Cl)c1)C(=O)O. The first-order chi connectivity index (χ1) is 12.9. The number of nitrogens with zero attached hydrogens (tertiary/aromatic N) is 1. The predicted molar refractivity (Wildman–Crippen MR) is 117 cm³/mol. The molecule has 2 unspecified atom stereocenters. The van der Waals surface area contributed by atoms with Crippen molar-refractivity contribution in [2.75, 3.05) is 6.54 Å². The van der Waals surface area contributed by atoms with Crippen molar-refractivity contribution in [1.29, 1.82) is 0 Å². The monoisotopic (exact) mass is 411 g/mol. The number of piperidine rings is 1. The molecule has 1 heterocycles. The molecule has 1 aromatic carbocycles. The van der Waals surface area contributed by atoms with Gasteiger partial charge in [0.15, 0.2) is 0 Å². The molecule has 0 aromatic heterocycles. The van der Waals surface area contributed by atoms with Crippen LogP contribution in [0, 0.1) is 0 Å². The highest BCUT2D eigenvalue weighted by Crippen LogP contribution is 2.36. The molecule has 0 amide bonds. The molecular weight excluding hydrogens is 380 g/mol. The standard InChI is InChI=1S/C21H32BCl2NO2/c1-2-3-11-21(22,20(26)27)12-6-8-17-7-4-5-13-25(17)15-16-9-10-18(23)19(24)14-16/h9-10,14,17H,2-8,11-13,15,22H2,1H3,(H,26,27). The second-order valence-corrected chi connectivity index (χ2v) is 9.04. The topological polar surface area (TPSA) is 40.5 Å². The summed E-state index contributed by atoms with van der Waals surface area (Å²) in [6.45, 7) is 4.09. The normalized spacial score (nSPS) is 20.3. The molecule has 0 spiro atoms. The molecule has 1 saturated heterocycles. The lowest BCUT2D eigenvalue weighted by Gasteiger charge is -2.36. The van der Waals surface area contributed by atoms with Crippen molar-refractivity contribution in [2.45, 2.75) is 82.6 Å². The van der Waals surface area contributed by atoms with E-state index in [2.05, 4.69) is 11.8 Å². The van der Waals surface area contributed by atoms with E-state index in [-0.39, 0.29) is 0 Å². The lowest BCUT2D eigenvalue weighted by Crippen LogP contribution is -2.39. The first-order valence-corrected chi connectivity index (χ1v) is 11.0. The van der Waals surface area contributed by atoms with Gasteiger partial charge in [-0.2, -0.15) is 0 Å². The average molecular weight is 412 g/mol. The molecule has 0 aliphatic carbocycles. The van der Waals surface area contributed by atoms with E-state index in [1.54, 1.807) is 0 Å². The third kappa shape index (κ3) is 6.69. The molecule has 1 N–H and O–H groups in total. The number of hydrogen-bond donors (Lipinski definition) is 1. The van der Waals surface area contributed by atoms with Crippen molar-refractivity contribution < 1.29 is 9.90 Å². The maximum Gasteiger partial charge on any atom is 0.301 e. The number of carboxylic acid groups (broad SMARTS) is 1. The highest BCUT2D eigenvalue weighted by atomic mass is 35.5. The summed E-state index contributed by atoms with van der Waals surface area (Å²) in [7, 11) is 1.92. The molecule has 6 heteroatoms. The molecule has 3 nitrogen and oxygen atoms in total. The molecule has 1 aromatic rings. The zero-order valence-electron chi connectivity index (χ0n) is 16.6. The van der Waals surface area contributed by atoms with E-state index < -0.39 is 11.3 Å². The number of halogens is 2. The number of aliphatic carboxylic acids is 1. The van der Waals surface area contributed by atoms with Crippen molar-refractivity contribution in [3.8, 4) is 0 Å². The van der Waals surface area contributed by atoms with Crippen LogP contribution >= 0.6 is 23.2 Å². The Morgan fingerprint density at radius 3 is 2.67 bits per heavy atom. The molecule has 2 atom stereocenters. The Morgan fingerprint density at radius 2 is 2.00 bits per heavy atom.